The molecule has 1 fully saturated rings. The van der Waals surface area contributed by atoms with Gasteiger partial charge in [-0.15, -0.1) is 0 Å². The summed E-state index contributed by atoms with van der Waals surface area (Å²) in [5, 5.41) is 8.64. The molecule has 0 amide bonds. The Kier molecular flexibility index (Phi) is 9.19. The normalized spacial score (nSPS) is 17.2. The lowest BCUT2D eigenvalue weighted by molar-refractivity contribution is -0.202. The minimum absolute atomic E-state index is 0.0370. The number of nitriles is 1. The molecule has 0 aromatic heterocycles. The van der Waals surface area contributed by atoms with Crippen LogP contribution in [0.5, 0.6) is 5.75 Å². The van der Waals surface area contributed by atoms with Crippen LogP contribution < -0.4 is 4.74 Å². The van der Waals surface area contributed by atoms with Gasteiger partial charge in [0.2, 0.25) is 0 Å². The van der Waals surface area contributed by atoms with Gasteiger partial charge in [-0.1, -0.05) is 20.8 Å². The van der Waals surface area contributed by atoms with Gasteiger partial charge in [0, 0.05) is 23.6 Å². The first-order chi connectivity index (χ1) is 18.4. The Labute approximate surface area is 218 Å². The molecule has 3 aromatic rings. The number of ether oxygens (including phenoxy) is 3. The van der Waals surface area contributed by atoms with Gasteiger partial charge < -0.3 is 14.2 Å². The van der Waals surface area contributed by atoms with E-state index in [4.69, 9.17) is 14.7 Å². The van der Waals surface area contributed by atoms with E-state index < -0.39 is 75.3 Å². The van der Waals surface area contributed by atoms with Crippen LogP contribution in [0.1, 0.15) is 43.8 Å². The van der Waals surface area contributed by atoms with E-state index in [9.17, 15) is 35.1 Å². The molecule has 208 valence electrons. The number of halogens is 8. The summed E-state index contributed by atoms with van der Waals surface area (Å²) in [7, 11) is 0. The Bertz CT molecular complexity index is 1330. The Morgan fingerprint density at radius 2 is 1.28 bits per heavy atom. The first kappa shape index (κ1) is 29.9. The van der Waals surface area contributed by atoms with Crippen LogP contribution >= 0.6 is 0 Å². The van der Waals surface area contributed by atoms with Crippen LogP contribution in [0.2, 0.25) is 0 Å². The second-order valence-corrected chi connectivity index (χ2v) is 8.27. The monoisotopic (exact) mass is 559 g/mol. The van der Waals surface area contributed by atoms with Crippen molar-refractivity contribution in [1.82, 2.24) is 0 Å². The Balaban J connectivity index is 0.00000205. The minimum atomic E-state index is -4.81. The Hall–Kier alpha value is -3.69. The highest BCUT2D eigenvalue weighted by Crippen LogP contribution is 2.39. The van der Waals surface area contributed by atoms with Gasteiger partial charge in [0.15, 0.2) is 6.29 Å². The van der Waals surface area contributed by atoms with Crippen molar-refractivity contribution < 1.29 is 49.3 Å². The smallest absolute Gasteiger partial charge is 0.429 e. The molecule has 4 nitrogen and oxygen atoms in total. The van der Waals surface area contributed by atoms with Crippen molar-refractivity contribution in [3.8, 4) is 22.9 Å². The molecule has 1 aliphatic heterocycles. The summed E-state index contributed by atoms with van der Waals surface area (Å²) in [6, 6.07) is 3.79. The van der Waals surface area contributed by atoms with Gasteiger partial charge in [0.25, 0.3) is 0 Å². The maximum absolute atomic E-state index is 14.8. The highest BCUT2D eigenvalue weighted by Gasteiger charge is 2.42. The van der Waals surface area contributed by atoms with Crippen LogP contribution in [-0.2, 0) is 15.6 Å². The predicted octanol–water partition coefficient (Wildman–Crippen LogP) is 7.90. The molecule has 1 heterocycles. The summed E-state index contributed by atoms with van der Waals surface area (Å²) in [5.41, 5.74) is -4.74. The van der Waals surface area contributed by atoms with Gasteiger partial charge in [-0.2, -0.15) is 14.0 Å². The van der Waals surface area contributed by atoms with E-state index in [0.717, 1.165) is 12.1 Å². The van der Waals surface area contributed by atoms with E-state index in [1.165, 1.54) is 6.07 Å². The molecule has 12 heteroatoms. The molecule has 0 N–H and O–H groups in total. The van der Waals surface area contributed by atoms with Crippen LogP contribution in [-0.4, -0.2) is 13.2 Å². The summed E-state index contributed by atoms with van der Waals surface area (Å²) in [6.07, 6.45) is -5.88. The van der Waals surface area contributed by atoms with E-state index in [2.05, 4.69) is 4.74 Å². The van der Waals surface area contributed by atoms with Crippen molar-refractivity contribution in [1.29, 1.82) is 5.26 Å². The number of rotatable bonds is 5. The van der Waals surface area contributed by atoms with Gasteiger partial charge in [-0.05, 0) is 29.8 Å². The van der Waals surface area contributed by atoms with Gasteiger partial charge >= 0.3 is 6.11 Å². The van der Waals surface area contributed by atoms with Crippen molar-refractivity contribution >= 4 is 0 Å². The van der Waals surface area contributed by atoms with E-state index in [1.807, 2.05) is 20.8 Å². The summed E-state index contributed by atoms with van der Waals surface area (Å²) >= 11 is 0. The van der Waals surface area contributed by atoms with E-state index in [0.29, 0.717) is 0 Å². The fourth-order valence-corrected chi connectivity index (χ4v) is 3.71. The molecule has 0 aliphatic carbocycles. The summed E-state index contributed by atoms with van der Waals surface area (Å²) in [5.74, 6) is -10.6. The fraction of sp³-hybridized carbons (Fsp3) is 0.296. The minimum Gasteiger partial charge on any atom is -0.429 e. The van der Waals surface area contributed by atoms with E-state index in [-0.39, 0.29) is 49.0 Å². The third kappa shape index (κ3) is 6.32. The zero-order valence-corrected chi connectivity index (χ0v) is 20.7. The zero-order chi connectivity index (χ0) is 29.1. The number of hydrogen-bond donors (Lipinski definition) is 0. The molecule has 0 spiro atoms. The molecular weight excluding hydrogens is 538 g/mol. The molecule has 0 unspecified atom stereocenters. The molecular formula is C27H21F8NO3. The number of hydrogen-bond acceptors (Lipinski definition) is 4. The van der Waals surface area contributed by atoms with Gasteiger partial charge in [0.05, 0.1) is 18.8 Å². The van der Waals surface area contributed by atoms with Crippen LogP contribution in [0.25, 0.3) is 11.1 Å². The molecule has 0 radical (unpaired) electrons. The number of nitrogens with zero attached hydrogens (tertiary/aromatic N) is 1. The quantitative estimate of drug-likeness (QED) is 0.298. The third-order valence-corrected chi connectivity index (χ3v) is 5.40. The standard InChI is InChI=1S/C25H15F8NO3.C2H6/c1-11-9-35-24(36-10-11)13-4-18(28)22(19(29)5-13)12-2-20(30)23(21(31)3-12)25(32,33)37-14-6-16(26)15(8-34)17(27)7-14;1-2/h2-7,11,24H,9-10H2,1H3;1-2H3. The molecule has 3 aromatic carbocycles. The SMILES string of the molecule is CC.CC1COC(c2cc(F)c(-c3cc(F)c(C(F)(F)Oc4cc(F)c(C#N)c(F)c4)c(F)c3)c(F)c2)OC1. The second kappa shape index (κ2) is 12.0. The first-order valence-electron chi connectivity index (χ1n) is 11.6. The predicted molar refractivity (Wildman–Crippen MR) is 122 cm³/mol. The van der Waals surface area contributed by atoms with Crippen molar-refractivity contribution in [2.75, 3.05) is 13.2 Å². The maximum Gasteiger partial charge on any atom is 0.432 e. The molecule has 0 atom stereocenters. The fourth-order valence-electron chi connectivity index (χ4n) is 3.71. The van der Waals surface area contributed by atoms with Gasteiger partial charge in [0.1, 0.15) is 57.8 Å². The molecule has 0 bridgehead atoms. The van der Waals surface area contributed by atoms with E-state index in [1.54, 1.807) is 0 Å². The molecule has 1 saturated heterocycles. The van der Waals surface area contributed by atoms with Gasteiger partial charge in [-0.3, -0.25) is 0 Å². The lowest BCUT2D eigenvalue weighted by atomic mass is 9.99. The van der Waals surface area contributed by atoms with Crippen LogP contribution in [0.15, 0.2) is 36.4 Å². The Morgan fingerprint density at radius 1 is 0.795 bits per heavy atom. The highest BCUT2D eigenvalue weighted by atomic mass is 19.3. The lowest BCUT2D eigenvalue weighted by Crippen LogP contribution is -2.25. The van der Waals surface area contributed by atoms with Crippen LogP contribution in [0.4, 0.5) is 35.1 Å². The maximum atomic E-state index is 14.8. The highest BCUT2D eigenvalue weighted by molar-refractivity contribution is 5.66. The van der Waals surface area contributed by atoms with Crippen molar-refractivity contribution in [3.63, 3.8) is 0 Å². The second-order valence-electron chi connectivity index (χ2n) is 8.27. The topological polar surface area (TPSA) is 51.5 Å². The summed E-state index contributed by atoms with van der Waals surface area (Å²) in [6.45, 7) is 6.37. The van der Waals surface area contributed by atoms with Crippen LogP contribution in [0, 0.1) is 52.2 Å². The summed E-state index contributed by atoms with van der Waals surface area (Å²) in [4.78, 5) is 0. The number of benzene rings is 3. The third-order valence-electron chi connectivity index (χ3n) is 5.40. The summed E-state index contributed by atoms with van der Waals surface area (Å²) < 4.78 is 130. The zero-order valence-electron chi connectivity index (χ0n) is 20.7. The number of alkyl halides is 2. The lowest BCUT2D eigenvalue weighted by Gasteiger charge is -2.27. The Morgan fingerprint density at radius 3 is 1.74 bits per heavy atom. The molecule has 4 rings (SSSR count). The largest absolute Gasteiger partial charge is 0.432 e. The van der Waals surface area contributed by atoms with Gasteiger partial charge in [-0.25, -0.2) is 26.3 Å². The first-order valence-corrected chi connectivity index (χ1v) is 11.6. The molecule has 0 saturated carbocycles. The van der Waals surface area contributed by atoms with Crippen molar-refractivity contribution in [3.05, 3.63) is 88.0 Å². The average molecular weight is 559 g/mol. The molecule has 39 heavy (non-hydrogen) atoms. The average Bonchev–Trinajstić information content (AvgIpc) is 2.84. The van der Waals surface area contributed by atoms with Crippen molar-refractivity contribution in [2.24, 2.45) is 5.92 Å². The van der Waals surface area contributed by atoms with E-state index >= 15 is 0 Å². The van der Waals surface area contributed by atoms with Crippen molar-refractivity contribution in [2.45, 2.75) is 33.2 Å². The molecule has 1 aliphatic rings. The van der Waals surface area contributed by atoms with Crippen LogP contribution in [0.3, 0.4) is 0 Å².